The van der Waals surface area contributed by atoms with Crippen molar-refractivity contribution in [2.45, 2.75) is 66.2 Å². The van der Waals surface area contributed by atoms with Gasteiger partial charge in [0.1, 0.15) is 0 Å². The molecule has 0 fully saturated rings. The van der Waals surface area contributed by atoms with Crippen LogP contribution < -0.4 is 0 Å². The summed E-state index contributed by atoms with van der Waals surface area (Å²) in [6, 6.07) is 13.4. The van der Waals surface area contributed by atoms with Crippen LogP contribution in [0.15, 0.2) is 36.4 Å². The average molecular weight is 521 g/mol. The van der Waals surface area contributed by atoms with E-state index in [1.165, 1.54) is 60.8 Å². The van der Waals surface area contributed by atoms with Crippen molar-refractivity contribution in [2.24, 2.45) is 0 Å². The Morgan fingerprint density at radius 3 is 1.39 bits per heavy atom. The van der Waals surface area contributed by atoms with Crippen molar-refractivity contribution in [1.82, 2.24) is 0 Å². The molecular formula is C20H30Br2Zr. The minimum absolute atomic E-state index is 0.145. The van der Waals surface area contributed by atoms with Crippen LogP contribution in [0, 0.1) is 13.8 Å². The molecule has 0 aliphatic heterocycles. The molecule has 0 aliphatic carbocycles. The van der Waals surface area contributed by atoms with E-state index in [9.17, 15) is 0 Å². The van der Waals surface area contributed by atoms with E-state index < -0.39 is 0 Å². The van der Waals surface area contributed by atoms with Gasteiger partial charge in [0.05, 0.1) is 0 Å². The van der Waals surface area contributed by atoms with Crippen molar-refractivity contribution in [3.8, 4) is 0 Å². The van der Waals surface area contributed by atoms with Crippen molar-refractivity contribution >= 4 is 24.4 Å². The molecule has 3 heteroatoms. The van der Waals surface area contributed by atoms with Gasteiger partial charge < -0.3 is 0 Å². The molecule has 0 amide bonds. The summed E-state index contributed by atoms with van der Waals surface area (Å²) in [5, 5.41) is 0. The molecular weight excluding hydrogens is 491 g/mol. The molecule has 0 N–H and O–H groups in total. The summed E-state index contributed by atoms with van der Waals surface area (Å²) in [5.41, 5.74) is 5.79. The van der Waals surface area contributed by atoms with Crippen LogP contribution in [0.4, 0.5) is 0 Å². The zero-order valence-corrected chi connectivity index (χ0v) is 20.6. The number of hydrogen-bond acceptors (Lipinski definition) is 0. The number of halogens is 2. The first-order valence-corrected chi connectivity index (χ1v) is 19.7. The zero-order chi connectivity index (χ0) is 17.5. The van der Waals surface area contributed by atoms with E-state index in [0.29, 0.717) is 0 Å². The summed E-state index contributed by atoms with van der Waals surface area (Å²) >= 11 is 6.32. The molecule has 0 aromatic heterocycles. The summed E-state index contributed by atoms with van der Waals surface area (Å²) in [6.45, 7) is 8.76. The van der Waals surface area contributed by atoms with Crippen LogP contribution in [-0.2, 0) is 31.4 Å². The Bertz CT molecular complexity index is 441. The Morgan fingerprint density at radius 1 is 0.826 bits per heavy atom. The molecule has 0 bridgehead atoms. The second kappa shape index (κ2) is 16.0. The van der Waals surface area contributed by atoms with E-state index in [-0.39, 0.29) is 18.5 Å². The van der Waals surface area contributed by atoms with Gasteiger partial charge in [0.25, 0.3) is 0 Å². The Hall–Kier alpha value is 0.543. The Kier molecular flexibility index (Phi) is 16.4. The quantitative estimate of drug-likeness (QED) is 0.340. The Morgan fingerprint density at radius 2 is 1.17 bits per heavy atom. The number of unbranched alkanes of at least 4 members (excludes halogenated alkanes) is 2. The molecule has 128 valence electrons. The third-order valence-corrected chi connectivity index (χ3v) is 3.58. The summed E-state index contributed by atoms with van der Waals surface area (Å²) < 4.78 is 0. The van der Waals surface area contributed by atoms with E-state index in [4.69, 9.17) is 0 Å². The minimum atomic E-state index is -0.145. The van der Waals surface area contributed by atoms with Crippen LogP contribution in [0.1, 0.15) is 61.8 Å². The fourth-order valence-electron chi connectivity index (χ4n) is 2.33. The van der Waals surface area contributed by atoms with E-state index in [1.54, 1.807) is 0 Å². The van der Waals surface area contributed by atoms with Gasteiger partial charge in [-0.25, -0.2) is 12.1 Å². The van der Waals surface area contributed by atoms with Crippen LogP contribution >= 0.6 is 24.4 Å². The van der Waals surface area contributed by atoms with Gasteiger partial charge in [-0.1, -0.05) is 66.2 Å². The van der Waals surface area contributed by atoms with Crippen molar-refractivity contribution in [2.75, 3.05) is 0 Å². The molecule has 0 spiro atoms. The number of hydrogen-bond donors (Lipinski definition) is 0. The van der Waals surface area contributed by atoms with Crippen LogP contribution in [0.5, 0.6) is 0 Å². The van der Waals surface area contributed by atoms with E-state index >= 15 is 0 Å². The molecule has 0 saturated carbocycles. The first-order valence-electron chi connectivity index (χ1n) is 8.48. The van der Waals surface area contributed by atoms with Gasteiger partial charge in [-0.15, -0.1) is 0 Å². The van der Waals surface area contributed by atoms with Crippen molar-refractivity contribution in [1.29, 1.82) is 0 Å². The van der Waals surface area contributed by atoms with Crippen LogP contribution in [0.2, 0.25) is 0 Å². The molecule has 23 heavy (non-hydrogen) atoms. The molecule has 0 saturated heterocycles. The predicted octanol–water partition coefficient (Wildman–Crippen LogP) is 7.80. The second-order valence-electron chi connectivity index (χ2n) is 5.87. The van der Waals surface area contributed by atoms with Crippen LogP contribution in [0.25, 0.3) is 0 Å². The Balaban J connectivity index is 0.000000360. The first-order chi connectivity index (χ1) is 11.1. The maximum atomic E-state index is 3.23. The molecule has 0 atom stereocenters. The van der Waals surface area contributed by atoms with Crippen molar-refractivity contribution in [3.63, 3.8) is 0 Å². The molecule has 0 unspecified atom stereocenters. The molecule has 2 aromatic rings. The summed E-state index contributed by atoms with van der Waals surface area (Å²) in [6.07, 6.45) is 7.75. The molecule has 0 aliphatic rings. The van der Waals surface area contributed by atoms with Gasteiger partial charge >= 0.3 is 43.0 Å². The monoisotopic (exact) mass is 518 g/mol. The van der Waals surface area contributed by atoms with Crippen LogP contribution in [0.3, 0.4) is 0 Å². The van der Waals surface area contributed by atoms with Crippen molar-refractivity contribution in [3.05, 3.63) is 58.7 Å². The fraction of sp³-hybridized carbons (Fsp3) is 0.500. The third kappa shape index (κ3) is 13.5. The molecule has 0 radical (unpaired) electrons. The zero-order valence-electron chi connectivity index (χ0n) is 15.0. The maximum absolute atomic E-state index is 3.23. The molecule has 2 aromatic carbocycles. The van der Waals surface area contributed by atoms with Gasteiger partial charge in [0.2, 0.25) is 0 Å². The number of rotatable bonds is 6. The summed E-state index contributed by atoms with van der Waals surface area (Å²) in [4.78, 5) is 0. The standard InChI is InChI=1S/2C10H15.2BrH.Zr/c2*1-3-4-5-10-7-6-9(2)8-10;;;/h2*6-8H,3-5H2,1-2H3;2*1H;/q2*-1;;;+4/p-2. The summed E-state index contributed by atoms with van der Waals surface area (Å²) in [7, 11) is 0. The SMILES string of the molecule is CCCCc1cc[c-](C)c1.CCCCc1cc[c-](C)c1.[Br][Zr+2][Br]. The van der Waals surface area contributed by atoms with Gasteiger partial charge in [-0.2, -0.15) is 46.5 Å². The Labute approximate surface area is 166 Å². The predicted molar refractivity (Wildman–Crippen MR) is 109 cm³/mol. The molecule has 0 heterocycles. The van der Waals surface area contributed by atoms with Gasteiger partial charge in [-0.3, -0.25) is 0 Å². The number of aryl methyl sites for hydroxylation is 4. The molecule has 0 nitrogen and oxygen atoms in total. The van der Waals surface area contributed by atoms with Gasteiger partial charge in [0, 0.05) is 0 Å². The van der Waals surface area contributed by atoms with Crippen LogP contribution in [-0.4, -0.2) is 0 Å². The third-order valence-electron chi connectivity index (χ3n) is 3.58. The van der Waals surface area contributed by atoms with E-state index in [1.807, 2.05) is 0 Å². The van der Waals surface area contributed by atoms with Crippen molar-refractivity contribution < 1.29 is 18.5 Å². The molecule has 2 rings (SSSR count). The fourth-order valence-corrected chi connectivity index (χ4v) is 2.33. The first kappa shape index (κ1) is 23.5. The topological polar surface area (TPSA) is 0 Å². The summed E-state index contributed by atoms with van der Waals surface area (Å²) in [5.74, 6) is 0. The van der Waals surface area contributed by atoms with Gasteiger partial charge in [0.15, 0.2) is 0 Å². The second-order valence-corrected chi connectivity index (χ2v) is 17.2. The normalized spacial score (nSPS) is 9.30. The average Bonchev–Trinajstić information content (AvgIpc) is 3.13. The van der Waals surface area contributed by atoms with E-state index in [0.717, 1.165) is 0 Å². The van der Waals surface area contributed by atoms with E-state index in [2.05, 4.69) is 88.5 Å². The van der Waals surface area contributed by atoms with Gasteiger partial charge in [-0.05, 0) is 0 Å².